The number of halogens is 1. The summed E-state index contributed by atoms with van der Waals surface area (Å²) >= 11 is 0. The van der Waals surface area contributed by atoms with Crippen molar-refractivity contribution in [2.75, 3.05) is 36.7 Å². The second-order valence-electron chi connectivity index (χ2n) is 9.63. The Labute approximate surface area is 276 Å². The van der Waals surface area contributed by atoms with Gasteiger partial charge >= 0.3 is 6.08 Å². The fourth-order valence-corrected chi connectivity index (χ4v) is 6.60. The standard InChI is InChI=1S/C23H22FN7O14S4/c1-31(7-8-46(33,34)35)23-27-21(24)26-22(28-23)25-15-6-4-12-13(20(15)49(42,43)44)10-17(48(39,40)41)18(19(12)32)30-29-14-5-3-11(47(36,37)38)9-16(14)45-2/h3-6,9-10,32H,7-8H2,1-2H3,(H,33,34,35)(H,36,37,38)(H,39,40,41)(H,42,43,44)(H,25,26,27,28). The molecule has 49 heavy (non-hydrogen) atoms. The summed E-state index contributed by atoms with van der Waals surface area (Å²) in [5.41, 5.74) is -1.83. The molecule has 0 saturated heterocycles. The summed E-state index contributed by atoms with van der Waals surface area (Å²) in [6.07, 6.45) is -1.44. The molecule has 0 atom stereocenters. The Morgan fingerprint density at radius 1 is 0.857 bits per heavy atom. The van der Waals surface area contributed by atoms with E-state index in [-0.39, 0.29) is 11.4 Å². The lowest BCUT2D eigenvalue weighted by molar-refractivity contribution is 0.413. The summed E-state index contributed by atoms with van der Waals surface area (Å²) in [7, 11) is -17.5. The van der Waals surface area contributed by atoms with Crippen LogP contribution < -0.4 is 15.0 Å². The van der Waals surface area contributed by atoms with Crippen LogP contribution in [0.15, 0.2) is 61.3 Å². The van der Waals surface area contributed by atoms with E-state index in [1.54, 1.807) is 0 Å². The molecule has 0 saturated carbocycles. The van der Waals surface area contributed by atoms with Crippen molar-refractivity contribution in [2.24, 2.45) is 10.2 Å². The molecular formula is C23H22FN7O14S4. The highest BCUT2D eigenvalue weighted by atomic mass is 32.2. The molecule has 0 bridgehead atoms. The van der Waals surface area contributed by atoms with E-state index in [0.717, 1.165) is 42.3 Å². The predicted molar refractivity (Wildman–Crippen MR) is 165 cm³/mol. The molecule has 0 aliphatic rings. The van der Waals surface area contributed by atoms with Crippen LogP contribution in [0, 0.1) is 6.08 Å². The first-order chi connectivity index (χ1) is 22.5. The van der Waals surface area contributed by atoms with Crippen molar-refractivity contribution in [1.82, 2.24) is 15.0 Å². The number of aromatic nitrogens is 3. The number of phenols is 1. The van der Waals surface area contributed by atoms with Crippen LogP contribution in [-0.2, 0) is 40.5 Å². The number of methoxy groups -OCH3 is 1. The van der Waals surface area contributed by atoms with Gasteiger partial charge in [0.1, 0.15) is 26.9 Å². The zero-order valence-corrected chi connectivity index (χ0v) is 27.7. The molecular weight excluding hydrogens is 746 g/mol. The van der Waals surface area contributed by atoms with Gasteiger partial charge in [0, 0.05) is 30.4 Å². The van der Waals surface area contributed by atoms with Crippen molar-refractivity contribution >= 4 is 80.2 Å². The number of nitrogens with one attached hydrogen (secondary N) is 1. The third-order valence-corrected chi connectivity index (χ3v) is 9.67. The summed E-state index contributed by atoms with van der Waals surface area (Å²) in [6.45, 7) is -0.423. The van der Waals surface area contributed by atoms with Crippen LogP contribution >= 0.6 is 0 Å². The minimum absolute atomic E-state index is 0.263. The van der Waals surface area contributed by atoms with E-state index in [4.69, 9.17) is 9.29 Å². The average Bonchev–Trinajstić information content (AvgIpc) is 2.96. The average molecular weight is 768 g/mol. The van der Waals surface area contributed by atoms with Crippen LogP contribution in [0.25, 0.3) is 10.8 Å². The minimum Gasteiger partial charge on any atom is -0.505 e. The first-order valence-corrected chi connectivity index (χ1v) is 18.6. The molecule has 0 aliphatic heterocycles. The summed E-state index contributed by atoms with van der Waals surface area (Å²) in [5, 5.41) is 19.5. The highest BCUT2D eigenvalue weighted by Gasteiger charge is 2.28. The van der Waals surface area contributed by atoms with Crippen LogP contribution in [-0.4, -0.2) is 98.4 Å². The maximum absolute atomic E-state index is 14.3. The van der Waals surface area contributed by atoms with E-state index in [9.17, 15) is 56.8 Å². The van der Waals surface area contributed by atoms with Gasteiger partial charge < -0.3 is 20.1 Å². The van der Waals surface area contributed by atoms with Gasteiger partial charge in [-0.2, -0.15) is 53.0 Å². The quantitative estimate of drug-likeness (QED) is 0.0887. The molecule has 26 heteroatoms. The zero-order valence-electron chi connectivity index (χ0n) is 24.5. The van der Waals surface area contributed by atoms with E-state index in [0.29, 0.717) is 6.07 Å². The number of hydrogen-bond acceptors (Lipinski definition) is 17. The molecule has 0 fully saturated rings. The molecule has 21 nitrogen and oxygen atoms in total. The summed E-state index contributed by atoms with van der Waals surface area (Å²) in [5.74, 6) is -3.37. The molecule has 6 N–H and O–H groups in total. The predicted octanol–water partition coefficient (Wildman–Crippen LogP) is 2.10. The van der Waals surface area contributed by atoms with E-state index < -0.39 is 113 Å². The third-order valence-electron chi connectivity index (χ3n) is 6.30. The molecule has 0 amide bonds. The lowest BCUT2D eigenvalue weighted by Gasteiger charge is -2.17. The van der Waals surface area contributed by atoms with Crippen molar-refractivity contribution in [1.29, 1.82) is 0 Å². The van der Waals surface area contributed by atoms with Crippen molar-refractivity contribution in [3.05, 3.63) is 42.5 Å². The molecule has 1 aromatic heterocycles. The highest BCUT2D eigenvalue weighted by molar-refractivity contribution is 7.86. The Hall–Kier alpha value is -4.70. The van der Waals surface area contributed by atoms with Gasteiger partial charge in [0.2, 0.25) is 11.9 Å². The maximum Gasteiger partial charge on any atom is 0.315 e. The summed E-state index contributed by atoms with van der Waals surface area (Å²) < 4.78 is 153. The third kappa shape index (κ3) is 8.67. The van der Waals surface area contributed by atoms with Crippen LogP contribution in [0.1, 0.15) is 0 Å². The molecule has 0 aliphatic carbocycles. The Balaban J connectivity index is 1.89. The number of phenolic OH excluding ortho intramolecular Hbond substituents is 1. The van der Waals surface area contributed by atoms with Crippen molar-refractivity contribution in [3.8, 4) is 11.5 Å². The van der Waals surface area contributed by atoms with Gasteiger partial charge in [-0.15, -0.1) is 10.2 Å². The smallest absolute Gasteiger partial charge is 0.315 e. The monoisotopic (exact) mass is 767 g/mol. The normalized spacial score (nSPS) is 12.8. The largest absolute Gasteiger partial charge is 0.505 e. The van der Waals surface area contributed by atoms with E-state index in [1.165, 1.54) is 7.05 Å². The molecule has 1 heterocycles. The summed E-state index contributed by atoms with van der Waals surface area (Å²) in [6, 6.07) is 5.15. The second-order valence-corrected chi connectivity index (χ2v) is 15.4. The molecule has 3 aromatic carbocycles. The number of azo groups is 1. The van der Waals surface area contributed by atoms with Crippen molar-refractivity contribution in [2.45, 2.75) is 14.7 Å². The fraction of sp³-hybridized carbons (Fsp3) is 0.174. The highest BCUT2D eigenvalue weighted by Crippen LogP contribution is 2.45. The maximum atomic E-state index is 14.3. The second kappa shape index (κ2) is 13.3. The Morgan fingerprint density at radius 3 is 2.10 bits per heavy atom. The van der Waals surface area contributed by atoms with Crippen LogP contribution in [0.4, 0.5) is 33.3 Å². The van der Waals surface area contributed by atoms with Crippen molar-refractivity contribution < 1.29 is 66.1 Å². The van der Waals surface area contributed by atoms with Gasteiger partial charge in [-0.05, 0) is 30.3 Å². The summed E-state index contributed by atoms with van der Waals surface area (Å²) in [4.78, 5) is 8.62. The zero-order chi connectivity index (χ0) is 36.7. The van der Waals surface area contributed by atoms with Gasteiger partial charge in [0.05, 0.1) is 23.4 Å². The van der Waals surface area contributed by atoms with Crippen LogP contribution in [0.5, 0.6) is 11.5 Å². The molecule has 264 valence electrons. The molecule has 4 aromatic rings. The molecule has 0 unspecified atom stereocenters. The van der Waals surface area contributed by atoms with Gasteiger partial charge in [0.15, 0.2) is 5.75 Å². The minimum atomic E-state index is -5.37. The molecule has 0 spiro atoms. The Kier molecular flexibility index (Phi) is 10.1. The number of nitrogens with zero attached hydrogens (tertiary/aromatic N) is 6. The molecule has 4 rings (SSSR count). The Morgan fingerprint density at radius 2 is 1.53 bits per heavy atom. The number of anilines is 3. The van der Waals surface area contributed by atoms with Gasteiger partial charge in [-0.25, -0.2) is 0 Å². The van der Waals surface area contributed by atoms with E-state index >= 15 is 0 Å². The number of aromatic hydroxyl groups is 1. The van der Waals surface area contributed by atoms with E-state index in [1.807, 2.05) is 0 Å². The topological polar surface area (TPSA) is 326 Å². The number of ether oxygens (including phenoxy) is 1. The Bertz CT molecular complexity index is 2460. The lowest BCUT2D eigenvalue weighted by Crippen LogP contribution is -2.27. The number of fused-ring (bicyclic) bond motifs is 1. The number of benzene rings is 3. The van der Waals surface area contributed by atoms with Crippen LogP contribution in [0.2, 0.25) is 0 Å². The van der Waals surface area contributed by atoms with E-state index in [2.05, 4.69) is 30.5 Å². The van der Waals surface area contributed by atoms with Gasteiger partial charge in [-0.3, -0.25) is 18.2 Å². The number of rotatable bonds is 12. The van der Waals surface area contributed by atoms with Gasteiger partial charge in [0.25, 0.3) is 40.5 Å². The van der Waals surface area contributed by atoms with Crippen molar-refractivity contribution in [3.63, 3.8) is 0 Å². The first kappa shape index (κ1) is 37.1. The first-order valence-electron chi connectivity index (χ1n) is 12.7. The molecule has 0 radical (unpaired) electrons. The SMILES string of the molecule is COc1cc(S(=O)(=O)O)ccc1N=Nc1c(S(=O)(=O)O)cc2c(S(=O)(=O)O)c(Nc3nc(F)nc(N(C)CCS(=O)(=O)O)n3)ccc2c1O. The van der Waals surface area contributed by atoms with Crippen LogP contribution in [0.3, 0.4) is 0 Å². The lowest BCUT2D eigenvalue weighted by atomic mass is 10.1. The number of hydrogen-bond donors (Lipinski definition) is 6. The van der Waals surface area contributed by atoms with Gasteiger partial charge in [-0.1, -0.05) is 0 Å². The fourth-order valence-electron chi connectivity index (χ4n) is 4.11.